The molecule has 104 valence electrons. The van der Waals surface area contributed by atoms with Gasteiger partial charge in [-0.15, -0.1) is 0 Å². The molecule has 1 heterocycles. The molecule has 5 heteroatoms. The van der Waals surface area contributed by atoms with Gasteiger partial charge in [-0.2, -0.15) is 5.06 Å². The van der Waals surface area contributed by atoms with Crippen molar-refractivity contribution < 1.29 is 14.4 Å². The molecule has 0 bridgehead atoms. The molecule has 1 aromatic rings. The molecule has 1 aromatic carbocycles. The molecule has 19 heavy (non-hydrogen) atoms. The molecule has 1 aliphatic heterocycles. The second-order valence-electron chi connectivity index (χ2n) is 5.23. The molecule has 2 rings (SSSR count). The monoisotopic (exact) mass is 266 g/mol. The van der Waals surface area contributed by atoms with Crippen LogP contribution in [0.3, 0.4) is 0 Å². The van der Waals surface area contributed by atoms with E-state index in [4.69, 9.17) is 0 Å². The van der Waals surface area contributed by atoms with Gasteiger partial charge in [0.15, 0.2) is 0 Å². The van der Waals surface area contributed by atoms with Crippen molar-refractivity contribution in [3.63, 3.8) is 0 Å². The fourth-order valence-electron chi connectivity index (χ4n) is 2.67. The van der Waals surface area contributed by atoms with Crippen LogP contribution in [-0.4, -0.2) is 29.8 Å². The highest BCUT2D eigenvalue weighted by Gasteiger charge is 2.37. The van der Waals surface area contributed by atoms with Gasteiger partial charge in [0.25, 0.3) is 0 Å². The molecule has 0 spiro atoms. The van der Waals surface area contributed by atoms with Crippen LogP contribution in [0, 0.1) is 5.82 Å². The molecular weight excluding hydrogens is 247 g/mol. The lowest BCUT2D eigenvalue weighted by Gasteiger charge is -2.35. The van der Waals surface area contributed by atoms with Crippen LogP contribution >= 0.6 is 0 Å². The third-order valence-corrected chi connectivity index (χ3v) is 3.97. The molecule has 1 amide bonds. The summed E-state index contributed by atoms with van der Waals surface area (Å²) in [5, 5.41) is 11.0. The van der Waals surface area contributed by atoms with E-state index in [1.165, 1.54) is 19.1 Å². The average molecular weight is 266 g/mol. The smallest absolute Gasteiger partial charge is 0.223 e. The molecule has 0 fully saturated rings. The predicted octanol–water partition coefficient (Wildman–Crippen LogP) is 2.51. The highest BCUT2D eigenvalue weighted by atomic mass is 19.1. The maximum absolute atomic E-state index is 13.6. The van der Waals surface area contributed by atoms with E-state index in [2.05, 4.69) is 0 Å². The molecule has 1 atom stereocenters. The van der Waals surface area contributed by atoms with Gasteiger partial charge in [0, 0.05) is 31.8 Å². The summed E-state index contributed by atoms with van der Waals surface area (Å²) in [5.74, 6) is -0.435. The van der Waals surface area contributed by atoms with E-state index in [9.17, 15) is 14.4 Å². The number of carbonyl (C=O) groups excluding carboxylic acids is 1. The lowest BCUT2D eigenvalue weighted by atomic mass is 9.87. The molecule has 1 N–H and O–H groups in total. The molecule has 0 aromatic heterocycles. The lowest BCUT2D eigenvalue weighted by Crippen LogP contribution is -2.39. The van der Waals surface area contributed by atoms with Gasteiger partial charge in [0.2, 0.25) is 5.91 Å². The van der Waals surface area contributed by atoms with E-state index in [0.29, 0.717) is 24.2 Å². The van der Waals surface area contributed by atoms with Crippen LogP contribution in [0.4, 0.5) is 10.1 Å². The largest absolute Gasteiger partial charge is 0.313 e. The summed E-state index contributed by atoms with van der Waals surface area (Å²) in [6.07, 6.45) is 1.40. The summed E-state index contributed by atoms with van der Waals surface area (Å²) in [6, 6.07) is 4.36. The van der Waals surface area contributed by atoms with Crippen LogP contribution in [0.5, 0.6) is 0 Å². The molecule has 0 saturated carbocycles. The number of rotatable bonds is 1. The van der Waals surface area contributed by atoms with Crippen LogP contribution in [-0.2, 0) is 10.3 Å². The van der Waals surface area contributed by atoms with E-state index in [0.717, 1.165) is 11.5 Å². The molecule has 0 saturated heterocycles. The first-order valence-corrected chi connectivity index (χ1v) is 6.37. The number of fused-ring (bicyclic) bond motifs is 1. The van der Waals surface area contributed by atoms with Gasteiger partial charge in [-0.05, 0) is 38.0 Å². The number of hydrogen-bond donors (Lipinski definition) is 1. The number of nitrogens with zero attached hydrogens (tertiary/aromatic N) is 2. The number of amides is 1. The van der Waals surface area contributed by atoms with Crippen molar-refractivity contribution in [3.8, 4) is 0 Å². The van der Waals surface area contributed by atoms with E-state index < -0.39 is 5.54 Å². The number of benzene rings is 1. The van der Waals surface area contributed by atoms with Gasteiger partial charge in [-0.1, -0.05) is 0 Å². The molecule has 1 aliphatic rings. The summed E-state index contributed by atoms with van der Waals surface area (Å²) in [7, 11) is 1.55. The highest BCUT2D eigenvalue weighted by molar-refractivity contribution is 5.92. The van der Waals surface area contributed by atoms with Gasteiger partial charge in [0.1, 0.15) is 5.82 Å². The molecule has 4 nitrogen and oxygen atoms in total. The van der Waals surface area contributed by atoms with Crippen molar-refractivity contribution in [1.82, 2.24) is 5.06 Å². The summed E-state index contributed by atoms with van der Waals surface area (Å²) >= 11 is 0. The van der Waals surface area contributed by atoms with E-state index >= 15 is 0 Å². The minimum atomic E-state index is -0.693. The Kier molecular flexibility index (Phi) is 3.60. The zero-order valence-corrected chi connectivity index (χ0v) is 11.5. The predicted molar refractivity (Wildman–Crippen MR) is 70.6 cm³/mol. The molecule has 0 radical (unpaired) electrons. The van der Waals surface area contributed by atoms with E-state index in [1.807, 2.05) is 6.92 Å². The van der Waals surface area contributed by atoms with Crippen molar-refractivity contribution in [3.05, 3.63) is 29.6 Å². The first kappa shape index (κ1) is 14.0. The standard InChI is InChI=1S/C14H19FN2O2/c1-10(18)17-8-4-7-14(2,16(3)19)12-9-11(15)5-6-13(12)17/h5-6,9,19H,4,7-8H2,1-3H3. The zero-order valence-electron chi connectivity index (χ0n) is 11.5. The van der Waals surface area contributed by atoms with E-state index in [1.54, 1.807) is 18.0 Å². The van der Waals surface area contributed by atoms with Crippen molar-refractivity contribution >= 4 is 11.6 Å². The third-order valence-electron chi connectivity index (χ3n) is 3.97. The van der Waals surface area contributed by atoms with Crippen LogP contribution in [0.15, 0.2) is 18.2 Å². The number of hydroxylamine groups is 2. The maximum atomic E-state index is 13.6. The van der Waals surface area contributed by atoms with E-state index in [-0.39, 0.29) is 11.7 Å². The zero-order chi connectivity index (χ0) is 14.2. The van der Waals surface area contributed by atoms with Gasteiger partial charge in [0.05, 0.1) is 5.54 Å². The SMILES string of the molecule is CC(=O)N1CCCC(C)(N(C)O)c2cc(F)ccc21. The summed E-state index contributed by atoms with van der Waals surface area (Å²) in [4.78, 5) is 13.4. The first-order valence-electron chi connectivity index (χ1n) is 6.37. The van der Waals surface area contributed by atoms with Crippen molar-refractivity contribution in [2.75, 3.05) is 18.5 Å². The Morgan fingerprint density at radius 3 is 2.79 bits per heavy atom. The second-order valence-corrected chi connectivity index (χ2v) is 5.23. The number of carbonyl (C=O) groups is 1. The topological polar surface area (TPSA) is 43.8 Å². The number of anilines is 1. The lowest BCUT2D eigenvalue weighted by molar-refractivity contribution is -0.153. The molecule has 0 aliphatic carbocycles. The third kappa shape index (κ3) is 2.35. The number of halogens is 1. The Hall–Kier alpha value is -1.46. The first-order chi connectivity index (χ1) is 8.86. The van der Waals surface area contributed by atoms with Crippen LogP contribution in [0.1, 0.15) is 32.3 Å². The Labute approximate surface area is 112 Å². The Morgan fingerprint density at radius 1 is 1.53 bits per heavy atom. The normalized spacial score (nSPS) is 23.2. The fourth-order valence-corrected chi connectivity index (χ4v) is 2.67. The minimum Gasteiger partial charge on any atom is -0.313 e. The van der Waals surface area contributed by atoms with Crippen LogP contribution < -0.4 is 4.90 Å². The maximum Gasteiger partial charge on any atom is 0.223 e. The van der Waals surface area contributed by atoms with Gasteiger partial charge in [-0.3, -0.25) is 4.79 Å². The Balaban J connectivity index is 2.64. The summed E-state index contributed by atoms with van der Waals surface area (Å²) < 4.78 is 13.6. The van der Waals surface area contributed by atoms with Crippen molar-refractivity contribution in [2.45, 2.75) is 32.2 Å². The second kappa shape index (κ2) is 4.90. The quantitative estimate of drug-likeness (QED) is 0.794. The van der Waals surface area contributed by atoms with Crippen LogP contribution in [0.25, 0.3) is 0 Å². The van der Waals surface area contributed by atoms with Gasteiger partial charge >= 0.3 is 0 Å². The van der Waals surface area contributed by atoms with Gasteiger partial charge in [-0.25, -0.2) is 4.39 Å². The fraction of sp³-hybridized carbons (Fsp3) is 0.500. The average Bonchev–Trinajstić information content (AvgIpc) is 2.48. The summed E-state index contributed by atoms with van der Waals surface area (Å²) in [6.45, 7) is 3.94. The van der Waals surface area contributed by atoms with Crippen LogP contribution in [0.2, 0.25) is 0 Å². The minimum absolute atomic E-state index is 0.0716. The van der Waals surface area contributed by atoms with Gasteiger partial charge < -0.3 is 10.1 Å². The highest BCUT2D eigenvalue weighted by Crippen LogP contribution is 2.40. The Bertz CT molecular complexity index is 504. The molecular formula is C14H19FN2O2. The van der Waals surface area contributed by atoms with Crippen molar-refractivity contribution in [2.24, 2.45) is 0 Å². The Morgan fingerprint density at radius 2 is 2.21 bits per heavy atom. The number of hydrogen-bond acceptors (Lipinski definition) is 3. The molecule has 1 unspecified atom stereocenters. The summed E-state index contributed by atoms with van der Waals surface area (Å²) in [5.41, 5.74) is 0.627. The van der Waals surface area contributed by atoms with Crippen molar-refractivity contribution in [1.29, 1.82) is 0 Å².